The van der Waals surface area contributed by atoms with Gasteiger partial charge in [-0.15, -0.1) is 0 Å². The van der Waals surface area contributed by atoms with Crippen LogP contribution in [-0.4, -0.2) is 25.2 Å². The van der Waals surface area contributed by atoms with Gasteiger partial charge in [-0.1, -0.05) is 19.1 Å². The van der Waals surface area contributed by atoms with E-state index >= 15 is 0 Å². The molecule has 1 atom stereocenters. The lowest BCUT2D eigenvalue weighted by Gasteiger charge is -2.38. The van der Waals surface area contributed by atoms with Gasteiger partial charge < -0.3 is 19.5 Å². The Morgan fingerprint density at radius 3 is 2.56 bits per heavy atom. The second-order valence-corrected chi connectivity index (χ2v) is 7.38. The number of hydrogen-bond acceptors (Lipinski definition) is 4. The predicted octanol–water partition coefficient (Wildman–Crippen LogP) is 4.06. The van der Waals surface area contributed by atoms with Crippen LogP contribution >= 0.6 is 0 Å². The lowest BCUT2D eigenvalue weighted by atomic mass is 9.89. The van der Waals surface area contributed by atoms with Gasteiger partial charge >= 0.3 is 0 Å². The third-order valence-corrected chi connectivity index (χ3v) is 4.71. The van der Waals surface area contributed by atoms with Crippen molar-refractivity contribution in [2.45, 2.75) is 45.3 Å². The number of carbonyl (C=O) groups is 1. The van der Waals surface area contributed by atoms with E-state index in [-0.39, 0.29) is 24.2 Å². The van der Waals surface area contributed by atoms with Crippen LogP contribution in [0.3, 0.4) is 0 Å². The predicted molar refractivity (Wildman–Crippen MR) is 105 cm³/mol. The Morgan fingerprint density at radius 2 is 1.89 bits per heavy atom. The Bertz CT molecular complexity index is 798. The van der Waals surface area contributed by atoms with E-state index in [1.165, 1.54) is 5.56 Å². The van der Waals surface area contributed by atoms with Gasteiger partial charge in [0.25, 0.3) is 5.91 Å². The number of carbonyl (C=O) groups excluding carboxylic acids is 1. The molecule has 1 aliphatic rings. The van der Waals surface area contributed by atoms with Gasteiger partial charge in [0.15, 0.2) is 6.61 Å². The lowest BCUT2D eigenvalue weighted by Crippen LogP contribution is -2.42. The SMILES string of the molecule is CCc1ccc(OCC(=O)N[C@@H]2CC(C)(C)Oc3ccc(OC)cc32)cc1. The Labute approximate surface area is 160 Å². The van der Waals surface area contributed by atoms with Crippen molar-refractivity contribution in [3.63, 3.8) is 0 Å². The third kappa shape index (κ3) is 4.73. The van der Waals surface area contributed by atoms with Crippen molar-refractivity contribution >= 4 is 5.91 Å². The Kier molecular flexibility index (Phi) is 5.59. The maximum absolute atomic E-state index is 12.5. The first-order valence-electron chi connectivity index (χ1n) is 9.28. The second kappa shape index (κ2) is 7.91. The molecule has 0 aromatic heterocycles. The standard InChI is InChI=1S/C22H27NO4/c1-5-15-6-8-16(9-7-15)26-14-21(24)23-19-13-22(2,3)27-20-11-10-17(25-4)12-18(19)20/h6-12,19H,5,13-14H2,1-4H3,(H,23,24)/t19-/m1/s1. The molecule has 144 valence electrons. The highest BCUT2D eigenvalue weighted by atomic mass is 16.5. The summed E-state index contributed by atoms with van der Waals surface area (Å²) in [5.41, 5.74) is 1.80. The molecule has 2 aromatic rings. The van der Waals surface area contributed by atoms with Crippen molar-refractivity contribution in [1.29, 1.82) is 0 Å². The number of methoxy groups -OCH3 is 1. The molecule has 0 saturated heterocycles. The number of benzene rings is 2. The molecule has 1 amide bonds. The summed E-state index contributed by atoms with van der Waals surface area (Å²) >= 11 is 0. The number of nitrogens with one attached hydrogen (secondary N) is 1. The van der Waals surface area contributed by atoms with E-state index in [4.69, 9.17) is 14.2 Å². The molecular weight excluding hydrogens is 342 g/mol. The fourth-order valence-corrected chi connectivity index (χ4v) is 3.29. The molecule has 0 fully saturated rings. The van der Waals surface area contributed by atoms with E-state index in [1.807, 2.05) is 56.3 Å². The van der Waals surface area contributed by atoms with Crippen molar-refractivity contribution < 1.29 is 19.0 Å². The normalized spacial score (nSPS) is 17.4. The molecule has 5 nitrogen and oxygen atoms in total. The van der Waals surface area contributed by atoms with Crippen molar-refractivity contribution in [1.82, 2.24) is 5.32 Å². The Hall–Kier alpha value is -2.69. The van der Waals surface area contributed by atoms with Gasteiger partial charge in [0.05, 0.1) is 13.2 Å². The summed E-state index contributed by atoms with van der Waals surface area (Å²) in [6.07, 6.45) is 1.65. The fourth-order valence-electron chi connectivity index (χ4n) is 3.29. The highest BCUT2D eigenvalue weighted by Gasteiger charge is 2.34. The van der Waals surface area contributed by atoms with Crippen molar-refractivity contribution in [2.75, 3.05) is 13.7 Å². The third-order valence-electron chi connectivity index (χ3n) is 4.71. The largest absolute Gasteiger partial charge is 0.497 e. The van der Waals surface area contributed by atoms with Crippen molar-refractivity contribution in [3.8, 4) is 17.2 Å². The molecule has 27 heavy (non-hydrogen) atoms. The molecule has 1 aliphatic heterocycles. The highest BCUT2D eigenvalue weighted by molar-refractivity contribution is 5.78. The van der Waals surface area contributed by atoms with Crippen molar-refractivity contribution in [2.24, 2.45) is 0 Å². The van der Waals surface area contributed by atoms with Crippen LogP contribution in [0.25, 0.3) is 0 Å². The smallest absolute Gasteiger partial charge is 0.258 e. The maximum atomic E-state index is 12.5. The quantitative estimate of drug-likeness (QED) is 0.834. The highest BCUT2D eigenvalue weighted by Crippen LogP contribution is 2.41. The molecule has 3 rings (SSSR count). The molecule has 1 N–H and O–H groups in total. The lowest BCUT2D eigenvalue weighted by molar-refractivity contribution is -0.124. The van der Waals surface area contributed by atoms with Gasteiger partial charge in [-0.3, -0.25) is 4.79 Å². The fraction of sp³-hybridized carbons (Fsp3) is 0.409. The van der Waals surface area contributed by atoms with E-state index in [0.29, 0.717) is 12.2 Å². The summed E-state index contributed by atoms with van der Waals surface area (Å²) in [7, 11) is 1.63. The molecule has 0 saturated carbocycles. The molecule has 2 aromatic carbocycles. The number of amides is 1. The zero-order chi connectivity index (χ0) is 19.4. The minimum Gasteiger partial charge on any atom is -0.497 e. The van der Waals surface area contributed by atoms with Crippen LogP contribution in [0.1, 0.15) is 44.4 Å². The molecule has 0 unspecified atom stereocenters. The number of hydrogen-bond donors (Lipinski definition) is 1. The average Bonchev–Trinajstić information content (AvgIpc) is 2.65. The second-order valence-electron chi connectivity index (χ2n) is 7.38. The number of rotatable bonds is 6. The van der Waals surface area contributed by atoms with E-state index in [9.17, 15) is 4.79 Å². The monoisotopic (exact) mass is 369 g/mol. The maximum Gasteiger partial charge on any atom is 0.258 e. The van der Waals surface area contributed by atoms with Gasteiger partial charge in [-0.05, 0) is 56.2 Å². The number of fused-ring (bicyclic) bond motifs is 1. The topological polar surface area (TPSA) is 56.8 Å². The van der Waals surface area contributed by atoms with Gasteiger partial charge in [0.2, 0.25) is 0 Å². The van der Waals surface area contributed by atoms with Crippen LogP contribution in [-0.2, 0) is 11.2 Å². The van der Waals surface area contributed by atoms with Crippen LogP contribution in [0.5, 0.6) is 17.2 Å². The first kappa shape index (κ1) is 19.1. The first-order chi connectivity index (χ1) is 12.9. The zero-order valence-corrected chi connectivity index (χ0v) is 16.4. The van der Waals surface area contributed by atoms with Crippen LogP contribution < -0.4 is 19.5 Å². The minimum absolute atomic E-state index is 0.0252. The molecular formula is C22H27NO4. The molecule has 0 spiro atoms. The van der Waals surface area contributed by atoms with E-state index < -0.39 is 0 Å². The minimum atomic E-state index is -0.365. The Balaban J connectivity index is 1.67. The van der Waals surface area contributed by atoms with Gasteiger partial charge in [-0.2, -0.15) is 0 Å². The summed E-state index contributed by atoms with van der Waals surface area (Å²) in [6.45, 7) is 6.12. The van der Waals surface area contributed by atoms with Gasteiger partial charge in [0, 0.05) is 12.0 Å². The summed E-state index contributed by atoms with van der Waals surface area (Å²) < 4.78 is 17.0. The van der Waals surface area contributed by atoms with Crippen LogP contribution in [0, 0.1) is 0 Å². The number of aryl methyl sites for hydroxylation is 1. The van der Waals surface area contributed by atoms with Crippen LogP contribution in [0.2, 0.25) is 0 Å². The number of ether oxygens (including phenoxy) is 3. The molecule has 0 radical (unpaired) electrons. The zero-order valence-electron chi connectivity index (χ0n) is 16.4. The summed E-state index contributed by atoms with van der Waals surface area (Å²) in [5, 5.41) is 3.08. The first-order valence-corrected chi connectivity index (χ1v) is 9.28. The molecule has 0 aliphatic carbocycles. The van der Waals surface area contributed by atoms with Crippen LogP contribution in [0.4, 0.5) is 0 Å². The van der Waals surface area contributed by atoms with Crippen molar-refractivity contribution in [3.05, 3.63) is 53.6 Å². The molecule has 5 heteroatoms. The van der Waals surface area contributed by atoms with Gasteiger partial charge in [-0.25, -0.2) is 0 Å². The van der Waals surface area contributed by atoms with E-state index in [2.05, 4.69) is 12.2 Å². The summed E-state index contributed by atoms with van der Waals surface area (Å²) in [4.78, 5) is 12.5. The van der Waals surface area contributed by atoms with E-state index in [1.54, 1.807) is 7.11 Å². The van der Waals surface area contributed by atoms with Gasteiger partial charge in [0.1, 0.15) is 22.8 Å². The Morgan fingerprint density at radius 1 is 1.19 bits per heavy atom. The molecule has 0 bridgehead atoms. The van der Waals surface area contributed by atoms with Crippen LogP contribution in [0.15, 0.2) is 42.5 Å². The summed E-state index contributed by atoms with van der Waals surface area (Å²) in [5.74, 6) is 2.04. The molecule has 1 heterocycles. The summed E-state index contributed by atoms with van der Waals surface area (Å²) in [6, 6.07) is 13.3. The average molecular weight is 369 g/mol. The van der Waals surface area contributed by atoms with E-state index in [0.717, 1.165) is 23.5 Å².